The number of hydrogen-bond donors (Lipinski definition) is 2. The number of likely N-dealkylation sites (tertiary alicyclic amines) is 1. The van der Waals surface area contributed by atoms with Gasteiger partial charge < -0.3 is 14.9 Å². The van der Waals surface area contributed by atoms with Gasteiger partial charge in [0.2, 0.25) is 0 Å². The fraction of sp³-hybridized carbons (Fsp3) is 0.750. The third kappa shape index (κ3) is 2.02. The highest BCUT2D eigenvalue weighted by Crippen LogP contribution is 2.38. The van der Waals surface area contributed by atoms with Crippen molar-refractivity contribution in [3.8, 4) is 0 Å². The van der Waals surface area contributed by atoms with E-state index in [0.717, 1.165) is 0 Å². The van der Waals surface area contributed by atoms with Crippen LogP contribution in [0.25, 0.3) is 0 Å². The second-order valence-electron chi connectivity index (χ2n) is 6.07. The summed E-state index contributed by atoms with van der Waals surface area (Å²) in [7, 11) is 0. The van der Waals surface area contributed by atoms with Gasteiger partial charge in [0.25, 0.3) is 5.91 Å². The highest BCUT2D eigenvalue weighted by Gasteiger charge is 2.57. The van der Waals surface area contributed by atoms with Crippen LogP contribution in [0.2, 0.25) is 0 Å². The summed E-state index contributed by atoms with van der Waals surface area (Å²) < 4.78 is 0. The van der Waals surface area contributed by atoms with Crippen LogP contribution in [-0.4, -0.2) is 57.1 Å². The van der Waals surface area contributed by atoms with Gasteiger partial charge in [-0.1, -0.05) is 0 Å². The molecule has 2 fully saturated rings. The topological polar surface area (TPSA) is 90.0 Å². The van der Waals surface area contributed by atoms with Crippen molar-refractivity contribution >= 4 is 18.0 Å². The molecular formula is C12H19N3O4. The Kier molecular flexibility index (Phi) is 2.95. The van der Waals surface area contributed by atoms with Crippen LogP contribution in [0.3, 0.4) is 0 Å². The van der Waals surface area contributed by atoms with Crippen LogP contribution in [0, 0.1) is 0 Å². The highest BCUT2D eigenvalue weighted by molar-refractivity contribution is 6.07. The van der Waals surface area contributed by atoms with Crippen molar-refractivity contribution in [1.82, 2.24) is 15.1 Å². The summed E-state index contributed by atoms with van der Waals surface area (Å²) in [6.45, 7) is 6.15. The summed E-state index contributed by atoms with van der Waals surface area (Å²) in [6, 6.07) is -0.388. The molecule has 0 aromatic rings. The van der Waals surface area contributed by atoms with Crippen molar-refractivity contribution in [3.63, 3.8) is 0 Å². The molecule has 2 aliphatic heterocycles. The van der Waals surface area contributed by atoms with Crippen LogP contribution < -0.4 is 5.32 Å². The van der Waals surface area contributed by atoms with Gasteiger partial charge >= 0.3 is 12.1 Å². The Bertz CT molecular complexity index is 433. The first kappa shape index (κ1) is 13.6. The van der Waals surface area contributed by atoms with E-state index in [1.165, 1.54) is 4.90 Å². The maximum Gasteiger partial charge on any atom is 0.407 e. The molecule has 106 valence electrons. The first-order chi connectivity index (χ1) is 8.68. The van der Waals surface area contributed by atoms with E-state index in [1.807, 2.05) is 20.8 Å². The normalized spacial score (nSPS) is 22.9. The van der Waals surface area contributed by atoms with Gasteiger partial charge in [0, 0.05) is 18.6 Å². The smallest absolute Gasteiger partial charge is 0.407 e. The number of rotatable bonds is 0. The van der Waals surface area contributed by atoms with Crippen molar-refractivity contribution in [1.29, 1.82) is 0 Å². The first-order valence-electron chi connectivity index (χ1n) is 6.32. The SMILES string of the molecule is CC(C)(C)N1C(=O)NC(=O)C12CCN(C(=O)O)CC2. The minimum absolute atomic E-state index is 0.266. The number of imide groups is 1. The van der Waals surface area contributed by atoms with Crippen LogP contribution in [0.4, 0.5) is 9.59 Å². The van der Waals surface area contributed by atoms with Gasteiger partial charge in [0.15, 0.2) is 0 Å². The van der Waals surface area contributed by atoms with Crippen LogP contribution in [-0.2, 0) is 4.79 Å². The number of hydrogen-bond acceptors (Lipinski definition) is 3. The molecule has 0 unspecified atom stereocenters. The average molecular weight is 269 g/mol. The van der Waals surface area contributed by atoms with Crippen molar-refractivity contribution in [3.05, 3.63) is 0 Å². The Balaban J connectivity index is 2.29. The first-order valence-corrected chi connectivity index (χ1v) is 6.32. The summed E-state index contributed by atoms with van der Waals surface area (Å²) in [4.78, 5) is 37.9. The number of nitrogens with one attached hydrogen (secondary N) is 1. The summed E-state index contributed by atoms with van der Waals surface area (Å²) >= 11 is 0. The Hall–Kier alpha value is -1.79. The van der Waals surface area contributed by atoms with Crippen molar-refractivity contribution < 1.29 is 19.5 Å². The summed E-state index contributed by atoms with van der Waals surface area (Å²) in [5.41, 5.74) is -1.39. The fourth-order valence-electron chi connectivity index (χ4n) is 3.03. The Morgan fingerprint density at radius 2 is 1.79 bits per heavy atom. The Labute approximate surface area is 111 Å². The summed E-state index contributed by atoms with van der Waals surface area (Å²) in [6.07, 6.45) is -0.302. The van der Waals surface area contributed by atoms with E-state index in [-0.39, 0.29) is 25.0 Å². The lowest BCUT2D eigenvalue weighted by molar-refractivity contribution is -0.131. The van der Waals surface area contributed by atoms with Crippen LogP contribution >= 0.6 is 0 Å². The largest absolute Gasteiger partial charge is 0.465 e. The van der Waals surface area contributed by atoms with E-state index >= 15 is 0 Å². The molecule has 2 heterocycles. The van der Waals surface area contributed by atoms with Gasteiger partial charge in [0.05, 0.1) is 0 Å². The number of urea groups is 1. The fourth-order valence-corrected chi connectivity index (χ4v) is 3.03. The standard InChI is InChI=1S/C12H19N3O4/c1-11(2,3)15-9(17)13-8(16)12(15)4-6-14(7-5-12)10(18)19/h4-7H2,1-3H3,(H,18,19)(H,13,16,17). The van der Waals surface area contributed by atoms with Crippen molar-refractivity contribution in [2.45, 2.75) is 44.7 Å². The van der Waals surface area contributed by atoms with Crippen LogP contribution in [0.5, 0.6) is 0 Å². The number of carboxylic acid groups (broad SMARTS) is 1. The lowest BCUT2D eigenvalue weighted by Crippen LogP contribution is -2.62. The second-order valence-corrected chi connectivity index (χ2v) is 6.07. The lowest BCUT2D eigenvalue weighted by Gasteiger charge is -2.46. The third-order valence-corrected chi connectivity index (χ3v) is 3.81. The summed E-state index contributed by atoms with van der Waals surface area (Å²) in [5.74, 6) is -0.308. The zero-order valence-corrected chi connectivity index (χ0v) is 11.4. The molecule has 2 N–H and O–H groups in total. The number of amides is 4. The molecule has 0 aromatic heterocycles. The van der Waals surface area contributed by atoms with Gasteiger partial charge in [0.1, 0.15) is 5.54 Å². The third-order valence-electron chi connectivity index (χ3n) is 3.81. The molecular weight excluding hydrogens is 250 g/mol. The van der Waals surface area contributed by atoms with E-state index < -0.39 is 17.2 Å². The lowest BCUT2D eigenvalue weighted by atomic mass is 9.83. The van der Waals surface area contributed by atoms with Crippen LogP contribution in [0.1, 0.15) is 33.6 Å². The quantitative estimate of drug-likeness (QED) is 0.638. The number of carbonyl (C=O) groups excluding carboxylic acids is 2. The van der Waals surface area contributed by atoms with Gasteiger partial charge in [-0.15, -0.1) is 0 Å². The van der Waals surface area contributed by atoms with E-state index in [0.29, 0.717) is 12.8 Å². The molecule has 7 nitrogen and oxygen atoms in total. The van der Waals surface area contributed by atoms with Crippen molar-refractivity contribution in [2.75, 3.05) is 13.1 Å². The van der Waals surface area contributed by atoms with Gasteiger partial charge in [-0.3, -0.25) is 10.1 Å². The summed E-state index contributed by atoms with van der Waals surface area (Å²) in [5, 5.41) is 11.3. The molecule has 4 amide bonds. The molecule has 7 heteroatoms. The van der Waals surface area contributed by atoms with E-state index in [9.17, 15) is 14.4 Å². The number of carbonyl (C=O) groups is 3. The highest BCUT2D eigenvalue weighted by atomic mass is 16.4. The van der Waals surface area contributed by atoms with Crippen molar-refractivity contribution in [2.24, 2.45) is 0 Å². The molecule has 2 rings (SSSR count). The molecule has 0 aliphatic carbocycles. The van der Waals surface area contributed by atoms with E-state index in [1.54, 1.807) is 4.90 Å². The molecule has 0 atom stereocenters. The van der Waals surface area contributed by atoms with Gasteiger partial charge in [-0.25, -0.2) is 9.59 Å². The number of piperidine rings is 1. The molecule has 0 aromatic carbocycles. The zero-order valence-electron chi connectivity index (χ0n) is 11.4. The number of nitrogens with zero attached hydrogens (tertiary/aromatic N) is 2. The maximum absolute atomic E-state index is 12.2. The van der Waals surface area contributed by atoms with Crippen LogP contribution in [0.15, 0.2) is 0 Å². The second kappa shape index (κ2) is 4.11. The molecule has 0 saturated carbocycles. The molecule has 2 saturated heterocycles. The molecule has 19 heavy (non-hydrogen) atoms. The zero-order chi connectivity index (χ0) is 14.4. The van der Waals surface area contributed by atoms with Gasteiger partial charge in [-0.2, -0.15) is 0 Å². The average Bonchev–Trinajstić information content (AvgIpc) is 2.50. The van der Waals surface area contributed by atoms with Gasteiger partial charge in [-0.05, 0) is 33.6 Å². The maximum atomic E-state index is 12.2. The molecule has 2 aliphatic rings. The minimum atomic E-state index is -0.984. The predicted molar refractivity (Wildman–Crippen MR) is 66.7 cm³/mol. The van der Waals surface area contributed by atoms with E-state index in [2.05, 4.69) is 5.32 Å². The molecule has 1 spiro atoms. The molecule has 0 bridgehead atoms. The monoisotopic (exact) mass is 269 g/mol. The van der Waals surface area contributed by atoms with E-state index in [4.69, 9.17) is 5.11 Å². The Morgan fingerprint density at radius 1 is 1.26 bits per heavy atom. The molecule has 0 radical (unpaired) electrons. The predicted octanol–water partition coefficient (Wildman–Crippen LogP) is 0.849. The Morgan fingerprint density at radius 3 is 2.21 bits per heavy atom. The minimum Gasteiger partial charge on any atom is -0.465 e.